The molecule has 0 aliphatic carbocycles. The van der Waals surface area contributed by atoms with Crippen LogP contribution in [0.4, 0.5) is 11.4 Å². The van der Waals surface area contributed by atoms with Crippen LogP contribution in [0.2, 0.25) is 0 Å². The SMILES string of the molecule is C=C1CC(=O)N(c2cccc(N)c2)C1=O. The molecule has 1 aliphatic rings. The number of carbonyl (C=O) groups is 2. The molecule has 1 aliphatic heterocycles. The van der Waals surface area contributed by atoms with E-state index in [1.54, 1.807) is 24.3 Å². The number of carbonyl (C=O) groups excluding carboxylic acids is 2. The summed E-state index contributed by atoms with van der Waals surface area (Å²) in [6.07, 6.45) is 0.0909. The summed E-state index contributed by atoms with van der Waals surface area (Å²) in [5, 5.41) is 0. The minimum absolute atomic E-state index is 0.0909. The number of rotatable bonds is 1. The first kappa shape index (κ1) is 9.45. The molecule has 1 aromatic rings. The Balaban J connectivity index is 2.43. The molecule has 0 radical (unpaired) electrons. The minimum Gasteiger partial charge on any atom is -0.399 e. The van der Waals surface area contributed by atoms with Crippen LogP contribution in [0.25, 0.3) is 0 Å². The molecule has 2 N–H and O–H groups in total. The fourth-order valence-corrected chi connectivity index (χ4v) is 1.53. The number of anilines is 2. The van der Waals surface area contributed by atoms with Gasteiger partial charge in [0.25, 0.3) is 5.91 Å². The van der Waals surface area contributed by atoms with Crippen LogP contribution in [0.1, 0.15) is 6.42 Å². The summed E-state index contributed by atoms with van der Waals surface area (Å²) in [5.41, 5.74) is 6.92. The summed E-state index contributed by atoms with van der Waals surface area (Å²) in [7, 11) is 0. The summed E-state index contributed by atoms with van der Waals surface area (Å²) >= 11 is 0. The third-order valence-corrected chi connectivity index (χ3v) is 2.25. The quantitative estimate of drug-likeness (QED) is 0.421. The first-order valence-corrected chi connectivity index (χ1v) is 4.50. The van der Waals surface area contributed by atoms with Crippen LogP contribution in [0.3, 0.4) is 0 Å². The van der Waals surface area contributed by atoms with E-state index in [4.69, 9.17) is 5.73 Å². The molecule has 1 saturated heterocycles. The molecule has 15 heavy (non-hydrogen) atoms. The van der Waals surface area contributed by atoms with Gasteiger partial charge in [0.2, 0.25) is 5.91 Å². The van der Waals surface area contributed by atoms with Crippen LogP contribution in [0.15, 0.2) is 36.4 Å². The van der Waals surface area contributed by atoms with Crippen molar-refractivity contribution in [3.8, 4) is 0 Å². The highest BCUT2D eigenvalue weighted by molar-refractivity contribution is 6.28. The number of nitrogens with two attached hydrogens (primary N) is 1. The summed E-state index contributed by atoms with van der Waals surface area (Å²) < 4.78 is 0. The van der Waals surface area contributed by atoms with E-state index >= 15 is 0 Å². The van der Waals surface area contributed by atoms with Crippen molar-refractivity contribution in [3.63, 3.8) is 0 Å². The molecule has 0 aromatic heterocycles. The third-order valence-electron chi connectivity index (χ3n) is 2.25. The molecule has 0 unspecified atom stereocenters. The Hall–Kier alpha value is -2.10. The first-order chi connectivity index (χ1) is 7.09. The number of amides is 2. The van der Waals surface area contributed by atoms with E-state index in [2.05, 4.69) is 6.58 Å². The van der Waals surface area contributed by atoms with Gasteiger partial charge in [-0.2, -0.15) is 0 Å². The lowest BCUT2D eigenvalue weighted by molar-refractivity contribution is -0.120. The molecule has 1 heterocycles. The normalized spacial score (nSPS) is 16.3. The predicted molar refractivity (Wildman–Crippen MR) is 57.1 cm³/mol. The maximum atomic E-state index is 11.6. The maximum absolute atomic E-state index is 11.6. The summed E-state index contributed by atoms with van der Waals surface area (Å²) in [6.45, 7) is 3.54. The van der Waals surface area contributed by atoms with Gasteiger partial charge in [-0.25, -0.2) is 4.90 Å². The van der Waals surface area contributed by atoms with E-state index in [0.717, 1.165) is 4.90 Å². The molecule has 2 amide bonds. The Labute approximate surface area is 87.0 Å². The number of nitrogens with zero attached hydrogens (tertiary/aromatic N) is 1. The second-order valence-electron chi connectivity index (χ2n) is 3.41. The topological polar surface area (TPSA) is 63.4 Å². The molecule has 4 heteroatoms. The van der Waals surface area contributed by atoms with Crippen LogP contribution in [-0.4, -0.2) is 11.8 Å². The van der Waals surface area contributed by atoms with Gasteiger partial charge in [-0.15, -0.1) is 0 Å². The van der Waals surface area contributed by atoms with Crippen LogP contribution >= 0.6 is 0 Å². The van der Waals surface area contributed by atoms with Crippen LogP contribution < -0.4 is 10.6 Å². The van der Waals surface area contributed by atoms with E-state index in [9.17, 15) is 9.59 Å². The molecule has 4 nitrogen and oxygen atoms in total. The standard InChI is InChI=1S/C11H10N2O2/c1-7-5-10(14)13(11(7)15)9-4-2-3-8(12)6-9/h2-4,6H,1,5,12H2. The third kappa shape index (κ3) is 1.50. The van der Waals surface area contributed by atoms with Crippen molar-refractivity contribution in [3.05, 3.63) is 36.4 Å². The molecular weight excluding hydrogens is 192 g/mol. The molecule has 1 fully saturated rings. The lowest BCUT2D eigenvalue weighted by Crippen LogP contribution is -2.28. The molecule has 0 atom stereocenters. The van der Waals surface area contributed by atoms with Crippen molar-refractivity contribution >= 4 is 23.2 Å². The van der Waals surface area contributed by atoms with Crippen molar-refractivity contribution in [2.24, 2.45) is 0 Å². The zero-order valence-electron chi connectivity index (χ0n) is 8.06. The highest BCUT2D eigenvalue weighted by Crippen LogP contribution is 2.26. The van der Waals surface area contributed by atoms with Gasteiger partial charge in [0.15, 0.2) is 0 Å². The highest BCUT2D eigenvalue weighted by atomic mass is 16.2. The minimum atomic E-state index is -0.342. The second kappa shape index (κ2) is 3.24. The van der Waals surface area contributed by atoms with Crippen molar-refractivity contribution in [2.75, 3.05) is 10.6 Å². The number of nitrogen functional groups attached to an aromatic ring is 1. The lowest BCUT2D eigenvalue weighted by Gasteiger charge is -2.13. The van der Waals surface area contributed by atoms with Gasteiger partial charge >= 0.3 is 0 Å². The fourth-order valence-electron chi connectivity index (χ4n) is 1.53. The molecule has 0 spiro atoms. The largest absolute Gasteiger partial charge is 0.399 e. The number of benzene rings is 1. The lowest BCUT2D eigenvalue weighted by atomic mass is 10.2. The van der Waals surface area contributed by atoms with E-state index in [-0.39, 0.29) is 18.2 Å². The monoisotopic (exact) mass is 202 g/mol. The molecule has 0 bridgehead atoms. The Morgan fingerprint density at radius 2 is 2.07 bits per heavy atom. The average molecular weight is 202 g/mol. The predicted octanol–water partition coefficient (Wildman–Crippen LogP) is 1.09. The van der Waals surface area contributed by atoms with Crippen molar-refractivity contribution in [2.45, 2.75) is 6.42 Å². The van der Waals surface area contributed by atoms with Crippen LogP contribution in [-0.2, 0) is 9.59 Å². The Morgan fingerprint density at radius 3 is 2.60 bits per heavy atom. The van der Waals surface area contributed by atoms with Gasteiger partial charge in [-0.3, -0.25) is 9.59 Å². The summed E-state index contributed by atoms with van der Waals surface area (Å²) in [4.78, 5) is 24.2. The zero-order valence-corrected chi connectivity index (χ0v) is 8.06. The fraction of sp³-hybridized carbons (Fsp3) is 0.0909. The van der Waals surface area contributed by atoms with Crippen molar-refractivity contribution < 1.29 is 9.59 Å². The van der Waals surface area contributed by atoms with E-state index in [1.165, 1.54) is 0 Å². The van der Waals surface area contributed by atoms with Gasteiger partial charge in [0.1, 0.15) is 0 Å². The smallest absolute Gasteiger partial charge is 0.260 e. The number of imide groups is 1. The highest BCUT2D eigenvalue weighted by Gasteiger charge is 2.33. The Bertz CT molecular complexity index is 465. The molecule has 2 rings (SSSR count). The molecule has 1 aromatic carbocycles. The van der Waals surface area contributed by atoms with Gasteiger partial charge in [0, 0.05) is 11.3 Å². The first-order valence-electron chi connectivity index (χ1n) is 4.50. The van der Waals surface area contributed by atoms with Crippen molar-refractivity contribution in [1.82, 2.24) is 0 Å². The summed E-state index contributed by atoms with van der Waals surface area (Å²) in [5.74, 6) is -0.596. The average Bonchev–Trinajstić information content (AvgIpc) is 2.41. The second-order valence-corrected chi connectivity index (χ2v) is 3.41. The Morgan fingerprint density at radius 1 is 1.33 bits per heavy atom. The van der Waals surface area contributed by atoms with Gasteiger partial charge in [-0.05, 0) is 18.2 Å². The van der Waals surface area contributed by atoms with Gasteiger partial charge in [0.05, 0.1) is 12.1 Å². The molecule has 0 saturated carbocycles. The van der Waals surface area contributed by atoms with Crippen LogP contribution in [0, 0.1) is 0 Å². The number of hydrogen-bond donors (Lipinski definition) is 1. The zero-order chi connectivity index (χ0) is 11.0. The van der Waals surface area contributed by atoms with E-state index < -0.39 is 0 Å². The molecular formula is C11H10N2O2. The van der Waals surface area contributed by atoms with Gasteiger partial charge < -0.3 is 5.73 Å². The van der Waals surface area contributed by atoms with Crippen molar-refractivity contribution in [1.29, 1.82) is 0 Å². The number of hydrogen-bond acceptors (Lipinski definition) is 3. The van der Waals surface area contributed by atoms with E-state index in [1.807, 2.05) is 0 Å². The Kier molecular flexibility index (Phi) is 2.04. The summed E-state index contributed by atoms with van der Waals surface area (Å²) in [6, 6.07) is 6.66. The maximum Gasteiger partial charge on any atom is 0.260 e. The van der Waals surface area contributed by atoms with E-state index in [0.29, 0.717) is 16.9 Å². The van der Waals surface area contributed by atoms with Crippen LogP contribution in [0.5, 0.6) is 0 Å². The van der Waals surface area contributed by atoms with Gasteiger partial charge in [-0.1, -0.05) is 12.6 Å². The molecule has 76 valence electrons.